The number of hydrogen-bond acceptors (Lipinski definition) is 2. The van der Waals surface area contributed by atoms with Crippen molar-refractivity contribution in [3.8, 4) is 0 Å². The highest BCUT2D eigenvalue weighted by molar-refractivity contribution is 6.30. The van der Waals surface area contributed by atoms with Crippen molar-refractivity contribution in [2.24, 2.45) is 0 Å². The molecule has 0 fully saturated rings. The Balaban J connectivity index is 2.17. The summed E-state index contributed by atoms with van der Waals surface area (Å²) in [7, 11) is 0. The van der Waals surface area contributed by atoms with Crippen LogP contribution in [-0.2, 0) is 6.54 Å². The van der Waals surface area contributed by atoms with Gasteiger partial charge in [0.05, 0.1) is 6.54 Å². The van der Waals surface area contributed by atoms with E-state index in [0.29, 0.717) is 11.7 Å². The average molecular weight is 287 g/mol. The van der Waals surface area contributed by atoms with Crippen LogP contribution in [-0.4, -0.2) is 20.6 Å². The number of aromatic nitrogens is 2. The lowest BCUT2D eigenvalue weighted by Gasteiger charge is -2.09. The normalized spacial score (nSPS) is 10.8. The van der Waals surface area contributed by atoms with Gasteiger partial charge in [0.25, 0.3) is 0 Å². The molecular weight excluding hydrogens is 276 g/mol. The van der Waals surface area contributed by atoms with Gasteiger partial charge in [0, 0.05) is 22.7 Å². The molecule has 0 aliphatic rings. The van der Waals surface area contributed by atoms with Gasteiger partial charge < -0.3 is 9.67 Å². The molecule has 0 atom stereocenters. The molecule has 1 aromatic carbocycles. The van der Waals surface area contributed by atoms with Gasteiger partial charge in [-0.3, -0.25) is 0 Å². The number of fused-ring (bicyclic) bond motifs is 1. The monoisotopic (exact) mass is 286 g/mol. The van der Waals surface area contributed by atoms with Crippen LogP contribution in [0.25, 0.3) is 10.9 Å². The Morgan fingerprint density at radius 3 is 2.80 bits per heavy atom. The molecule has 0 aliphatic heterocycles. The first kappa shape index (κ1) is 12.7. The molecular formula is C15H11ClN2O2. The van der Waals surface area contributed by atoms with Gasteiger partial charge in [0.2, 0.25) is 0 Å². The number of rotatable bonds is 3. The Morgan fingerprint density at radius 1 is 1.25 bits per heavy atom. The first-order chi connectivity index (χ1) is 9.66. The van der Waals surface area contributed by atoms with E-state index in [0.717, 1.165) is 16.5 Å². The molecule has 0 unspecified atom stereocenters. The van der Waals surface area contributed by atoms with E-state index in [1.54, 1.807) is 22.9 Å². The molecule has 0 spiro atoms. The van der Waals surface area contributed by atoms with Crippen molar-refractivity contribution in [3.63, 3.8) is 0 Å². The van der Waals surface area contributed by atoms with Crippen molar-refractivity contribution in [2.45, 2.75) is 6.54 Å². The van der Waals surface area contributed by atoms with Crippen LogP contribution in [0.15, 0.2) is 48.7 Å². The van der Waals surface area contributed by atoms with Crippen molar-refractivity contribution in [1.29, 1.82) is 0 Å². The van der Waals surface area contributed by atoms with Crippen LogP contribution in [0.5, 0.6) is 0 Å². The number of carboxylic acids is 1. The van der Waals surface area contributed by atoms with E-state index in [9.17, 15) is 9.90 Å². The predicted molar refractivity (Wildman–Crippen MR) is 77.2 cm³/mol. The third-order valence-electron chi connectivity index (χ3n) is 3.19. The fraction of sp³-hybridized carbons (Fsp3) is 0.0667. The summed E-state index contributed by atoms with van der Waals surface area (Å²) in [5, 5.41) is 10.6. The van der Waals surface area contributed by atoms with Gasteiger partial charge in [0.1, 0.15) is 10.8 Å². The smallest absolute Gasteiger partial charge is 0.352 e. The molecule has 2 heterocycles. The molecule has 100 valence electrons. The summed E-state index contributed by atoms with van der Waals surface area (Å²) in [5.41, 5.74) is 1.90. The van der Waals surface area contributed by atoms with Crippen molar-refractivity contribution < 1.29 is 9.90 Å². The topological polar surface area (TPSA) is 55.1 Å². The zero-order chi connectivity index (χ0) is 14.1. The Hall–Kier alpha value is -2.33. The molecule has 4 nitrogen and oxygen atoms in total. The van der Waals surface area contributed by atoms with Crippen LogP contribution in [0.3, 0.4) is 0 Å². The lowest BCUT2D eigenvalue weighted by Crippen LogP contribution is -2.09. The maximum absolute atomic E-state index is 11.4. The maximum Gasteiger partial charge on any atom is 0.352 e. The zero-order valence-corrected chi connectivity index (χ0v) is 11.2. The van der Waals surface area contributed by atoms with Gasteiger partial charge >= 0.3 is 5.97 Å². The van der Waals surface area contributed by atoms with E-state index in [1.165, 1.54) is 0 Å². The average Bonchev–Trinajstić information content (AvgIpc) is 2.81. The lowest BCUT2D eigenvalue weighted by atomic mass is 10.2. The fourth-order valence-corrected chi connectivity index (χ4v) is 2.44. The summed E-state index contributed by atoms with van der Waals surface area (Å²) in [4.78, 5) is 15.4. The molecule has 0 saturated carbocycles. The largest absolute Gasteiger partial charge is 0.477 e. The number of hydrogen-bond donors (Lipinski definition) is 1. The van der Waals surface area contributed by atoms with E-state index < -0.39 is 5.97 Å². The number of carboxylic acid groups (broad SMARTS) is 1. The number of benzene rings is 1. The van der Waals surface area contributed by atoms with Crippen LogP contribution in [0.4, 0.5) is 0 Å². The second kappa shape index (κ2) is 4.98. The molecule has 0 saturated heterocycles. The van der Waals surface area contributed by atoms with Gasteiger partial charge in [-0.2, -0.15) is 0 Å². The number of nitrogens with zero attached hydrogens (tertiary/aromatic N) is 2. The summed E-state index contributed by atoms with van der Waals surface area (Å²) >= 11 is 6.05. The van der Waals surface area contributed by atoms with Gasteiger partial charge in [-0.15, -0.1) is 0 Å². The van der Waals surface area contributed by atoms with Crippen LogP contribution in [0.1, 0.15) is 16.1 Å². The molecule has 0 radical (unpaired) electrons. The van der Waals surface area contributed by atoms with Gasteiger partial charge in [0.15, 0.2) is 0 Å². The first-order valence-corrected chi connectivity index (χ1v) is 6.45. The Labute approximate surface area is 120 Å². The zero-order valence-electron chi connectivity index (χ0n) is 10.5. The van der Waals surface area contributed by atoms with Crippen molar-refractivity contribution in [3.05, 3.63) is 65.1 Å². The highest BCUT2D eigenvalue weighted by atomic mass is 35.5. The number of pyridine rings is 1. The highest BCUT2D eigenvalue weighted by Crippen LogP contribution is 2.23. The van der Waals surface area contributed by atoms with Gasteiger partial charge in [-0.25, -0.2) is 9.78 Å². The summed E-state index contributed by atoms with van der Waals surface area (Å²) < 4.78 is 1.74. The Kier molecular flexibility index (Phi) is 3.16. The van der Waals surface area contributed by atoms with Crippen LogP contribution < -0.4 is 0 Å². The Bertz CT molecular complexity index is 795. The van der Waals surface area contributed by atoms with E-state index in [-0.39, 0.29) is 5.69 Å². The first-order valence-electron chi connectivity index (χ1n) is 6.08. The van der Waals surface area contributed by atoms with Crippen molar-refractivity contribution >= 4 is 28.5 Å². The lowest BCUT2D eigenvalue weighted by molar-refractivity contribution is 0.0686. The number of carbonyl (C=O) groups is 1. The van der Waals surface area contributed by atoms with E-state index >= 15 is 0 Å². The minimum absolute atomic E-state index is 0.242. The summed E-state index contributed by atoms with van der Waals surface area (Å²) in [6, 6.07) is 12.9. The second-order valence-corrected chi connectivity index (χ2v) is 4.79. The number of halogens is 1. The molecule has 5 heteroatoms. The summed E-state index contributed by atoms with van der Waals surface area (Å²) in [6.45, 7) is 0.377. The molecule has 3 aromatic rings. The van der Waals surface area contributed by atoms with Gasteiger partial charge in [-0.1, -0.05) is 35.9 Å². The molecule has 0 amide bonds. The summed E-state index contributed by atoms with van der Waals surface area (Å²) in [6.07, 6.45) is 1.61. The minimum Gasteiger partial charge on any atom is -0.477 e. The molecule has 3 rings (SSSR count). The molecule has 0 bridgehead atoms. The number of aromatic carboxylic acids is 1. The molecule has 0 aliphatic carbocycles. The second-order valence-electron chi connectivity index (χ2n) is 4.43. The molecule has 20 heavy (non-hydrogen) atoms. The van der Waals surface area contributed by atoms with Crippen molar-refractivity contribution in [2.75, 3.05) is 0 Å². The standard InChI is InChI=1S/C15H11ClN2O2/c16-14-11(5-3-7-17-14)9-18-12-6-2-1-4-10(12)8-13(18)15(19)20/h1-8H,9H2,(H,19,20). The molecule has 2 aromatic heterocycles. The summed E-state index contributed by atoms with van der Waals surface area (Å²) in [5.74, 6) is -0.957. The third kappa shape index (κ3) is 2.14. The number of para-hydroxylation sites is 1. The maximum atomic E-state index is 11.4. The highest BCUT2D eigenvalue weighted by Gasteiger charge is 2.15. The van der Waals surface area contributed by atoms with Crippen molar-refractivity contribution in [1.82, 2.24) is 9.55 Å². The van der Waals surface area contributed by atoms with E-state index in [2.05, 4.69) is 4.98 Å². The molecule has 1 N–H and O–H groups in total. The van der Waals surface area contributed by atoms with Crippen LogP contribution in [0, 0.1) is 0 Å². The van der Waals surface area contributed by atoms with E-state index in [4.69, 9.17) is 11.6 Å². The van der Waals surface area contributed by atoms with Crippen LogP contribution >= 0.6 is 11.6 Å². The Morgan fingerprint density at radius 2 is 2.05 bits per heavy atom. The minimum atomic E-state index is -0.957. The van der Waals surface area contributed by atoms with E-state index in [1.807, 2.05) is 30.3 Å². The fourth-order valence-electron chi connectivity index (χ4n) is 2.27. The quantitative estimate of drug-likeness (QED) is 0.751. The third-order valence-corrected chi connectivity index (χ3v) is 3.53. The van der Waals surface area contributed by atoms with Crippen LogP contribution in [0.2, 0.25) is 5.15 Å². The predicted octanol–water partition coefficient (Wildman–Crippen LogP) is 3.44. The SMILES string of the molecule is O=C(O)c1cc2ccccc2n1Cc1cccnc1Cl. The van der Waals surface area contributed by atoms with Gasteiger partial charge in [-0.05, 0) is 18.2 Å².